The maximum atomic E-state index is 12.8. The summed E-state index contributed by atoms with van der Waals surface area (Å²) in [4.78, 5) is 11.1. The Morgan fingerprint density at radius 2 is 2.13 bits per heavy atom. The van der Waals surface area contributed by atoms with Crippen molar-refractivity contribution in [2.45, 2.75) is 0 Å². The van der Waals surface area contributed by atoms with Gasteiger partial charge in [0.25, 0.3) is 0 Å². The summed E-state index contributed by atoms with van der Waals surface area (Å²) in [6.07, 6.45) is 0. The van der Waals surface area contributed by atoms with Crippen LogP contribution in [-0.2, 0) is 4.74 Å². The number of carbonyl (C=O) groups is 1. The number of carbonyl (C=O) groups excluding carboxylic acids is 1. The second-order valence-electron chi connectivity index (χ2n) is 2.58. The number of methoxy groups -OCH3 is 1. The fraction of sp³-hybridized carbons (Fsp3) is 0.125. The van der Waals surface area contributed by atoms with E-state index in [9.17, 15) is 9.18 Å². The van der Waals surface area contributed by atoms with Crippen LogP contribution in [0.1, 0.15) is 10.4 Å². The summed E-state index contributed by atoms with van der Waals surface area (Å²) in [6.45, 7) is 0. The maximum absolute atomic E-state index is 12.8. The summed E-state index contributed by atoms with van der Waals surface area (Å²) < 4.78 is 21.6. The third-order valence-corrected chi connectivity index (χ3v) is 1.58. The molecule has 1 aromatic carbocycles. The lowest BCUT2D eigenvalue weighted by molar-refractivity contribution is 0.0597. The zero-order chi connectivity index (χ0) is 11.4. The van der Waals surface area contributed by atoms with E-state index in [0.717, 1.165) is 25.3 Å². The molecule has 7 heteroatoms. The molecule has 0 heterocycles. The zero-order valence-electron chi connectivity index (χ0n) is 7.81. The van der Waals surface area contributed by atoms with Gasteiger partial charge in [-0.3, -0.25) is 0 Å². The number of ether oxygens (including phenoxy) is 1. The average molecular weight is 214 g/mol. The molecule has 0 aliphatic rings. The molecule has 0 radical (unpaired) electrons. The highest BCUT2D eigenvalue weighted by Crippen LogP contribution is 2.20. The third-order valence-electron chi connectivity index (χ3n) is 1.58. The number of esters is 1. The molecule has 0 bridgehead atoms. The van der Waals surface area contributed by atoms with Crippen molar-refractivity contribution in [2.24, 2.45) is 0 Å². The largest absolute Gasteiger partial charge is 0.707 e. The van der Waals surface area contributed by atoms with Crippen molar-refractivity contribution < 1.29 is 28.6 Å². The molecule has 0 aliphatic carbocycles. The summed E-state index contributed by atoms with van der Waals surface area (Å²) >= 11 is 0. The average Bonchev–Trinajstić information content (AvgIpc) is 2.19. The van der Waals surface area contributed by atoms with Gasteiger partial charge in [-0.2, -0.15) is 0 Å². The molecular formula is C8H8BFO5. The Morgan fingerprint density at radius 3 is 2.67 bits per heavy atom. The first kappa shape index (κ1) is 11.5. The van der Waals surface area contributed by atoms with Crippen molar-refractivity contribution in [3.05, 3.63) is 29.6 Å². The molecule has 2 N–H and O–H groups in total. The minimum atomic E-state index is -2.08. The van der Waals surface area contributed by atoms with Gasteiger partial charge in [-0.15, -0.1) is 0 Å². The Kier molecular flexibility index (Phi) is 3.65. The highest BCUT2D eigenvalue weighted by molar-refractivity contribution is 6.34. The summed E-state index contributed by atoms with van der Waals surface area (Å²) in [5, 5.41) is 17.1. The molecule has 15 heavy (non-hydrogen) atoms. The fourth-order valence-corrected chi connectivity index (χ4v) is 0.988. The van der Waals surface area contributed by atoms with Crippen LogP contribution in [-0.4, -0.2) is 30.4 Å². The third kappa shape index (κ3) is 2.93. The van der Waals surface area contributed by atoms with Crippen molar-refractivity contribution in [1.29, 1.82) is 0 Å². The molecule has 1 rings (SSSR count). The lowest BCUT2D eigenvalue weighted by atomic mass is 10.1. The van der Waals surface area contributed by atoms with Crippen molar-refractivity contribution in [1.82, 2.24) is 0 Å². The van der Waals surface area contributed by atoms with Crippen molar-refractivity contribution in [2.75, 3.05) is 7.11 Å². The molecular weight excluding hydrogens is 206 g/mol. The normalized spacial score (nSPS) is 9.60. The van der Waals surface area contributed by atoms with Gasteiger partial charge in [-0.05, 0) is 18.2 Å². The second kappa shape index (κ2) is 4.76. The molecule has 5 nitrogen and oxygen atoms in total. The van der Waals surface area contributed by atoms with Gasteiger partial charge in [-0.25, -0.2) is 9.18 Å². The molecule has 0 saturated heterocycles. The summed E-state index contributed by atoms with van der Waals surface area (Å²) in [6, 6.07) is 2.99. The molecule has 80 valence electrons. The molecule has 0 aliphatic heterocycles. The van der Waals surface area contributed by atoms with Gasteiger partial charge >= 0.3 is 13.3 Å². The van der Waals surface area contributed by atoms with Crippen molar-refractivity contribution in [3.63, 3.8) is 0 Å². The zero-order valence-corrected chi connectivity index (χ0v) is 7.81. The van der Waals surface area contributed by atoms with E-state index in [1.54, 1.807) is 0 Å². The lowest BCUT2D eigenvalue weighted by Gasteiger charge is -2.09. The van der Waals surface area contributed by atoms with E-state index in [0.29, 0.717) is 0 Å². The predicted molar refractivity (Wildman–Crippen MR) is 48.6 cm³/mol. The standard InChI is InChI=1S/C8H8BFO5/c1-14-8(11)6-4-5(10)2-3-7(6)15-9(12)13/h2-4,12-13H,1H3. The van der Waals surface area contributed by atoms with E-state index in [-0.39, 0.29) is 11.3 Å². The topological polar surface area (TPSA) is 76.0 Å². The van der Waals surface area contributed by atoms with Gasteiger partial charge in [0.2, 0.25) is 0 Å². The molecule has 0 atom stereocenters. The smallest absolute Gasteiger partial charge is 0.511 e. The SMILES string of the molecule is COC(=O)c1cc(F)ccc1OB(O)O. The van der Waals surface area contributed by atoms with E-state index in [4.69, 9.17) is 10.0 Å². The number of hydrogen-bond acceptors (Lipinski definition) is 5. The minimum Gasteiger partial charge on any atom is -0.511 e. The van der Waals surface area contributed by atoms with Crippen LogP contribution >= 0.6 is 0 Å². The number of rotatable bonds is 3. The highest BCUT2D eigenvalue weighted by Gasteiger charge is 2.19. The van der Waals surface area contributed by atoms with Gasteiger partial charge in [-0.1, -0.05) is 0 Å². The first-order chi connectivity index (χ1) is 7.04. The molecule has 0 fully saturated rings. The monoisotopic (exact) mass is 214 g/mol. The quantitative estimate of drug-likeness (QED) is 0.545. The van der Waals surface area contributed by atoms with Gasteiger partial charge in [0, 0.05) is 0 Å². The predicted octanol–water partition coefficient (Wildman–Crippen LogP) is -0.0394. The van der Waals surface area contributed by atoms with Gasteiger partial charge < -0.3 is 19.4 Å². The van der Waals surface area contributed by atoms with Crippen LogP contribution in [0.25, 0.3) is 0 Å². The van der Waals surface area contributed by atoms with E-state index >= 15 is 0 Å². The molecule has 0 unspecified atom stereocenters. The molecule has 0 spiro atoms. The van der Waals surface area contributed by atoms with Crippen molar-refractivity contribution in [3.8, 4) is 5.75 Å². The summed E-state index contributed by atoms with van der Waals surface area (Å²) in [5.41, 5.74) is -0.217. The Hall–Kier alpha value is -1.60. The Bertz CT molecular complexity index is 368. The van der Waals surface area contributed by atoms with Crippen LogP contribution in [0.2, 0.25) is 0 Å². The minimum absolute atomic E-state index is 0.168. The summed E-state index contributed by atoms with van der Waals surface area (Å²) in [5.74, 6) is -1.65. The van der Waals surface area contributed by atoms with E-state index < -0.39 is 19.1 Å². The van der Waals surface area contributed by atoms with Crippen molar-refractivity contribution >= 4 is 13.3 Å². The Morgan fingerprint density at radius 1 is 1.47 bits per heavy atom. The van der Waals surface area contributed by atoms with Crippen LogP contribution in [0.15, 0.2) is 18.2 Å². The molecule has 0 saturated carbocycles. The van der Waals surface area contributed by atoms with Gasteiger partial charge in [0.1, 0.15) is 17.1 Å². The summed E-state index contributed by atoms with van der Waals surface area (Å²) in [7, 11) is -0.967. The Labute approximate surface area is 85.2 Å². The molecule has 0 amide bonds. The second-order valence-corrected chi connectivity index (χ2v) is 2.58. The number of hydrogen-bond donors (Lipinski definition) is 2. The van der Waals surface area contributed by atoms with Crippen LogP contribution in [0.5, 0.6) is 5.75 Å². The van der Waals surface area contributed by atoms with Crippen LogP contribution < -0.4 is 4.65 Å². The van der Waals surface area contributed by atoms with E-state index in [1.165, 1.54) is 0 Å². The van der Waals surface area contributed by atoms with Crippen LogP contribution in [0, 0.1) is 5.82 Å². The molecule has 1 aromatic rings. The van der Waals surface area contributed by atoms with E-state index in [2.05, 4.69) is 9.39 Å². The fourth-order valence-electron chi connectivity index (χ4n) is 0.988. The number of halogens is 1. The first-order valence-electron chi connectivity index (χ1n) is 3.95. The lowest BCUT2D eigenvalue weighted by Crippen LogP contribution is -2.22. The molecule has 0 aromatic heterocycles. The van der Waals surface area contributed by atoms with Crippen LogP contribution in [0.4, 0.5) is 4.39 Å². The van der Waals surface area contributed by atoms with Crippen LogP contribution in [0.3, 0.4) is 0 Å². The van der Waals surface area contributed by atoms with Gasteiger partial charge in [0.15, 0.2) is 0 Å². The Balaban J connectivity index is 3.08. The first-order valence-corrected chi connectivity index (χ1v) is 3.95. The highest BCUT2D eigenvalue weighted by atomic mass is 19.1. The van der Waals surface area contributed by atoms with E-state index in [1.807, 2.05) is 0 Å². The number of benzene rings is 1. The van der Waals surface area contributed by atoms with Gasteiger partial charge in [0.05, 0.1) is 7.11 Å². The maximum Gasteiger partial charge on any atom is 0.707 e.